The van der Waals surface area contributed by atoms with E-state index in [4.69, 9.17) is 0 Å². The van der Waals surface area contributed by atoms with Crippen molar-refractivity contribution >= 4 is 33.2 Å². The van der Waals surface area contributed by atoms with Crippen molar-refractivity contribution in [2.75, 3.05) is 22.6 Å². The number of rotatable bonds is 4. The van der Waals surface area contributed by atoms with Crippen molar-refractivity contribution in [2.45, 2.75) is 18.6 Å². The van der Waals surface area contributed by atoms with Gasteiger partial charge in [0.05, 0.1) is 17.3 Å². The molecule has 4 nitrogen and oxygen atoms in total. The largest absolute Gasteiger partial charge is 0.325 e. The zero-order valence-corrected chi connectivity index (χ0v) is 12.4. The predicted octanol–water partition coefficient (Wildman–Crippen LogP) is 1.85. The van der Waals surface area contributed by atoms with Gasteiger partial charge in [-0.3, -0.25) is 4.79 Å². The molecule has 1 aliphatic heterocycles. The maximum atomic E-state index is 11.8. The number of sulfone groups is 1. The first-order chi connectivity index (χ1) is 8.96. The summed E-state index contributed by atoms with van der Waals surface area (Å²) in [7, 11) is -2.86. The van der Waals surface area contributed by atoms with Crippen LogP contribution >= 0.6 is 11.8 Å². The van der Waals surface area contributed by atoms with Crippen LogP contribution in [0.15, 0.2) is 24.3 Å². The number of carbonyl (C=O) groups excluding carboxylic acids is 1. The van der Waals surface area contributed by atoms with Gasteiger partial charge in [0.1, 0.15) is 0 Å². The molecule has 1 N–H and O–H groups in total. The summed E-state index contributed by atoms with van der Waals surface area (Å²) < 4.78 is 22.6. The summed E-state index contributed by atoms with van der Waals surface area (Å²) >= 11 is 1.43. The summed E-state index contributed by atoms with van der Waals surface area (Å²) in [4.78, 5) is 11.8. The summed E-state index contributed by atoms with van der Waals surface area (Å²) in [5.74, 6) is 0.678. The van der Waals surface area contributed by atoms with Gasteiger partial charge >= 0.3 is 0 Å². The van der Waals surface area contributed by atoms with E-state index in [1.54, 1.807) is 0 Å². The lowest BCUT2D eigenvalue weighted by atomic mass is 10.2. The van der Waals surface area contributed by atoms with Gasteiger partial charge in [0.2, 0.25) is 5.91 Å². The van der Waals surface area contributed by atoms with Crippen molar-refractivity contribution in [2.24, 2.45) is 0 Å². The molecule has 6 heteroatoms. The van der Waals surface area contributed by atoms with E-state index in [-0.39, 0.29) is 22.7 Å². The Morgan fingerprint density at radius 3 is 2.79 bits per heavy atom. The first-order valence-corrected chi connectivity index (χ1v) is 9.01. The smallest absolute Gasteiger partial charge is 0.234 e. The van der Waals surface area contributed by atoms with Crippen molar-refractivity contribution in [3.63, 3.8) is 0 Å². The summed E-state index contributed by atoms with van der Waals surface area (Å²) in [5.41, 5.74) is 1.83. The van der Waals surface area contributed by atoms with Gasteiger partial charge in [-0.25, -0.2) is 8.42 Å². The highest BCUT2D eigenvalue weighted by molar-refractivity contribution is 8.02. The summed E-state index contributed by atoms with van der Waals surface area (Å²) in [6.07, 6.45) is 0.657. The molecule has 1 heterocycles. The Kier molecular flexibility index (Phi) is 4.52. The van der Waals surface area contributed by atoms with Gasteiger partial charge in [0, 0.05) is 10.9 Å². The molecule has 0 unspecified atom stereocenters. The van der Waals surface area contributed by atoms with Crippen molar-refractivity contribution in [3.8, 4) is 0 Å². The lowest BCUT2D eigenvalue weighted by Crippen LogP contribution is -2.17. The highest BCUT2D eigenvalue weighted by Crippen LogP contribution is 2.24. The number of carbonyl (C=O) groups is 1. The van der Waals surface area contributed by atoms with E-state index in [9.17, 15) is 13.2 Å². The number of hydrogen-bond acceptors (Lipinski definition) is 4. The molecular formula is C13H17NO3S2. The second kappa shape index (κ2) is 5.96. The van der Waals surface area contributed by atoms with Crippen LogP contribution in [-0.2, 0) is 14.6 Å². The van der Waals surface area contributed by atoms with E-state index in [2.05, 4.69) is 5.32 Å². The molecule has 0 aromatic heterocycles. The molecule has 1 amide bonds. The molecule has 1 atom stereocenters. The molecule has 1 saturated heterocycles. The van der Waals surface area contributed by atoms with Crippen LogP contribution in [0.1, 0.15) is 12.0 Å². The van der Waals surface area contributed by atoms with Crippen LogP contribution < -0.4 is 5.32 Å². The minimum absolute atomic E-state index is 0.0626. The second-order valence-corrected chi connectivity index (χ2v) is 8.22. The molecule has 0 radical (unpaired) electrons. The number of aryl methyl sites for hydroxylation is 1. The summed E-state index contributed by atoms with van der Waals surface area (Å²) in [6, 6.07) is 7.59. The first kappa shape index (κ1) is 14.4. The van der Waals surface area contributed by atoms with Crippen molar-refractivity contribution in [1.82, 2.24) is 0 Å². The lowest BCUT2D eigenvalue weighted by molar-refractivity contribution is -0.113. The molecule has 1 aliphatic rings. The Hall–Kier alpha value is -1.01. The van der Waals surface area contributed by atoms with E-state index >= 15 is 0 Å². The number of para-hydroxylation sites is 1. The van der Waals surface area contributed by atoms with Crippen LogP contribution in [0, 0.1) is 6.92 Å². The number of nitrogens with one attached hydrogen (secondary N) is 1. The SMILES string of the molecule is Cc1ccccc1NC(=O)CS[C@@H]1CCS(=O)(=O)C1. The fraction of sp³-hybridized carbons (Fsp3) is 0.462. The molecule has 19 heavy (non-hydrogen) atoms. The Bertz CT molecular complexity index is 569. The van der Waals surface area contributed by atoms with Crippen LogP contribution in [0.3, 0.4) is 0 Å². The van der Waals surface area contributed by atoms with Crippen molar-refractivity contribution < 1.29 is 13.2 Å². The quantitative estimate of drug-likeness (QED) is 0.921. The average molecular weight is 299 g/mol. The molecular weight excluding hydrogens is 282 g/mol. The van der Waals surface area contributed by atoms with E-state index in [1.807, 2.05) is 31.2 Å². The minimum Gasteiger partial charge on any atom is -0.325 e. The maximum Gasteiger partial charge on any atom is 0.234 e. The Morgan fingerprint density at radius 2 is 2.16 bits per heavy atom. The number of anilines is 1. The normalized spacial score (nSPS) is 21.2. The third-order valence-electron chi connectivity index (χ3n) is 3.06. The van der Waals surface area contributed by atoms with Crippen LogP contribution in [-0.4, -0.2) is 36.8 Å². The van der Waals surface area contributed by atoms with E-state index in [0.717, 1.165) is 11.3 Å². The lowest BCUT2D eigenvalue weighted by Gasteiger charge is -2.10. The van der Waals surface area contributed by atoms with Gasteiger partial charge in [-0.05, 0) is 25.0 Å². The highest BCUT2D eigenvalue weighted by atomic mass is 32.2. The zero-order chi connectivity index (χ0) is 13.9. The summed E-state index contributed by atoms with van der Waals surface area (Å²) in [5, 5.41) is 2.91. The van der Waals surface area contributed by atoms with Gasteiger partial charge in [-0.1, -0.05) is 18.2 Å². The molecule has 1 aromatic rings. The fourth-order valence-corrected chi connectivity index (χ4v) is 5.43. The topological polar surface area (TPSA) is 63.2 Å². The first-order valence-electron chi connectivity index (χ1n) is 6.14. The molecule has 2 rings (SSSR count). The number of thioether (sulfide) groups is 1. The second-order valence-electron chi connectivity index (χ2n) is 4.70. The zero-order valence-electron chi connectivity index (χ0n) is 10.8. The Balaban J connectivity index is 1.81. The van der Waals surface area contributed by atoms with Crippen LogP contribution in [0.25, 0.3) is 0 Å². The molecule has 0 spiro atoms. The van der Waals surface area contributed by atoms with Crippen molar-refractivity contribution in [3.05, 3.63) is 29.8 Å². The van der Waals surface area contributed by atoms with Gasteiger partial charge in [-0.15, -0.1) is 11.8 Å². The van der Waals surface area contributed by atoms with Crippen LogP contribution in [0.4, 0.5) is 5.69 Å². The third kappa shape index (κ3) is 4.24. The predicted molar refractivity (Wildman–Crippen MR) is 79.3 cm³/mol. The molecule has 104 valence electrons. The number of amides is 1. The van der Waals surface area contributed by atoms with E-state index in [0.29, 0.717) is 12.2 Å². The Morgan fingerprint density at radius 1 is 1.42 bits per heavy atom. The number of benzene rings is 1. The average Bonchev–Trinajstić information content (AvgIpc) is 2.69. The van der Waals surface area contributed by atoms with Crippen LogP contribution in [0.2, 0.25) is 0 Å². The standard InChI is InChI=1S/C13H17NO3S2/c1-10-4-2-3-5-12(10)14-13(15)8-18-11-6-7-19(16,17)9-11/h2-5,11H,6-9H2,1H3,(H,14,15)/t11-/m1/s1. The molecule has 0 aliphatic carbocycles. The number of hydrogen-bond donors (Lipinski definition) is 1. The van der Waals surface area contributed by atoms with Crippen LogP contribution in [0.5, 0.6) is 0 Å². The fourth-order valence-electron chi connectivity index (χ4n) is 1.99. The van der Waals surface area contributed by atoms with Gasteiger partial charge in [0.25, 0.3) is 0 Å². The highest BCUT2D eigenvalue weighted by Gasteiger charge is 2.28. The van der Waals surface area contributed by atoms with Gasteiger partial charge < -0.3 is 5.32 Å². The molecule has 0 saturated carbocycles. The van der Waals surface area contributed by atoms with Crippen molar-refractivity contribution in [1.29, 1.82) is 0 Å². The molecule has 1 aromatic carbocycles. The van der Waals surface area contributed by atoms with Gasteiger partial charge in [0.15, 0.2) is 9.84 Å². The molecule has 0 bridgehead atoms. The van der Waals surface area contributed by atoms with Gasteiger partial charge in [-0.2, -0.15) is 0 Å². The summed E-state index contributed by atoms with van der Waals surface area (Å²) in [6.45, 7) is 1.94. The van der Waals surface area contributed by atoms with E-state index < -0.39 is 9.84 Å². The monoisotopic (exact) mass is 299 g/mol. The third-order valence-corrected chi connectivity index (χ3v) is 6.34. The Labute approximate surface area is 117 Å². The molecule has 1 fully saturated rings. The van der Waals surface area contributed by atoms with E-state index in [1.165, 1.54) is 11.8 Å². The minimum atomic E-state index is -2.86. The maximum absolute atomic E-state index is 11.8.